The quantitative estimate of drug-likeness (QED) is 0.506. The van der Waals surface area contributed by atoms with E-state index in [1.807, 2.05) is 5.38 Å². The number of hydrogen-bond acceptors (Lipinski definition) is 7. The molecule has 1 aliphatic carbocycles. The maximum absolute atomic E-state index is 12.8. The van der Waals surface area contributed by atoms with E-state index in [-0.39, 0.29) is 11.9 Å². The van der Waals surface area contributed by atoms with Gasteiger partial charge in [-0.2, -0.15) is 0 Å². The molecule has 6 nitrogen and oxygen atoms in total. The smallest absolute Gasteiger partial charge is 0.341 e. The standard InChI is InChI=1S/C22H22N2O4S2/c1-3-27-21(26)18-16-9-4-13(2)12-17(16)30-20(18)24-19(25)14-5-7-15(8-6-14)28-22-23-10-11-29-22/h5-8,10-11,13H,3-4,9,12H2,1-2H3,(H,24,25). The van der Waals surface area contributed by atoms with Gasteiger partial charge in [0, 0.05) is 22.0 Å². The van der Waals surface area contributed by atoms with Gasteiger partial charge in [0.15, 0.2) is 0 Å². The van der Waals surface area contributed by atoms with Crippen molar-refractivity contribution < 1.29 is 19.1 Å². The molecule has 156 valence electrons. The summed E-state index contributed by atoms with van der Waals surface area (Å²) in [6.07, 6.45) is 4.46. The highest BCUT2D eigenvalue weighted by molar-refractivity contribution is 7.17. The van der Waals surface area contributed by atoms with Crippen molar-refractivity contribution >= 4 is 39.6 Å². The van der Waals surface area contributed by atoms with Crippen molar-refractivity contribution in [3.05, 3.63) is 57.4 Å². The van der Waals surface area contributed by atoms with Crippen LogP contribution in [0.25, 0.3) is 0 Å². The number of carbonyl (C=O) groups is 2. The Morgan fingerprint density at radius 1 is 1.27 bits per heavy atom. The van der Waals surface area contributed by atoms with Crippen LogP contribution in [0.4, 0.5) is 5.00 Å². The zero-order valence-electron chi connectivity index (χ0n) is 16.8. The number of thiazole rings is 1. The maximum atomic E-state index is 12.8. The minimum atomic E-state index is -0.368. The lowest BCUT2D eigenvalue weighted by Crippen LogP contribution is -2.16. The molecule has 1 aliphatic rings. The van der Waals surface area contributed by atoms with Crippen LogP contribution >= 0.6 is 22.7 Å². The molecule has 1 atom stereocenters. The second-order valence-corrected chi connectivity index (χ2v) is 9.12. The first-order valence-corrected chi connectivity index (χ1v) is 11.5. The highest BCUT2D eigenvalue weighted by Gasteiger charge is 2.29. The van der Waals surface area contributed by atoms with Crippen LogP contribution in [-0.2, 0) is 17.6 Å². The minimum absolute atomic E-state index is 0.270. The summed E-state index contributed by atoms with van der Waals surface area (Å²) in [7, 11) is 0. The fourth-order valence-electron chi connectivity index (χ4n) is 3.47. The average molecular weight is 443 g/mol. The Hall–Kier alpha value is -2.71. The summed E-state index contributed by atoms with van der Waals surface area (Å²) in [6, 6.07) is 6.84. The van der Waals surface area contributed by atoms with E-state index in [0.717, 1.165) is 24.8 Å². The zero-order chi connectivity index (χ0) is 21.1. The second kappa shape index (κ2) is 8.97. The molecule has 1 N–H and O–H groups in total. The predicted molar refractivity (Wildman–Crippen MR) is 118 cm³/mol. The molecule has 4 rings (SSSR count). The number of hydrogen-bond donors (Lipinski definition) is 1. The van der Waals surface area contributed by atoms with Crippen LogP contribution in [0.15, 0.2) is 35.8 Å². The van der Waals surface area contributed by atoms with Crippen molar-refractivity contribution in [3.8, 4) is 10.9 Å². The number of rotatable bonds is 6. The Morgan fingerprint density at radius 2 is 2.07 bits per heavy atom. The first-order valence-electron chi connectivity index (χ1n) is 9.85. The molecule has 0 saturated heterocycles. The van der Waals surface area contributed by atoms with Crippen LogP contribution < -0.4 is 10.1 Å². The third-order valence-corrected chi connectivity index (χ3v) is 6.77. The van der Waals surface area contributed by atoms with Gasteiger partial charge in [0.25, 0.3) is 11.1 Å². The van der Waals surface area contributed by atoms with Crippen LogP contribution in [0, 0.1) is 5.92 Å². The third-order valence-electron chi connectivity index (χ3n) is 4.95. The Balaban J connectivity index is 1.54. The number of nitrogens with zero attached hydrogens (tertiary/aromatic N) is 1. The van der Waals surface area contributed by atoms with Crippen LogP contribution in [0.5, 0.6) is 10.9 Å². The fourth-order valence-corrected chi connectivity index (χ4v) is 5.37. The van der Waals surface area contributed by atoms with E-state index >= 15 is 0 Å². The number of carbonyl (C=O) groups excluding carboxylic acids is 2. The molecule has 0 radical (unpaired) electrons. The first kappa shape index (κ1) is 20.6. The lowest BCUT2D eigenvalue weighted by atomic mass is 9.88. The molecule has 2 aromatic heterocycles. The number of thiophene rings is 1. The molecule has 0 aliphatic heterocycles. The summed E-state index contributed by atoms with van der Waals surface area (Å²) in [5.41, 5.74) is 2.02. The molecule has 0 bridgehead atoms. The van der Waals surface area contributed by atoms with E-state index in [4.69, 9.17) is 9.47 Å². The normalized spacial score (nSPS) is 15.3. The van der Waals surface area contributed by atoms with Crippen molar-refractivity contribution in [2.45, 2.75) is 33.1 Å². The van der Waals surface area contributed by atoms with Crippen molar-refractivity contribution in [2.24, 2.45) is 5.92 Å². The monoisotopic (exact) mass is 442 g/mol. The Morgan fingerprint density at radius 3 is 2.77 bits per heavy atom. The number of esters is 1. The van der Waals surface area contributed by atoms with Gasteiger partial charge in [-0.25, -0.2) is 9.78 Å². The number of benzene rings is 1. The fraction of sp³-hybridized carbons (Fsp3) is 0.318. The summed E-state index contributed by atoms with van der Waals surface area (Å²) >= 11 is 2.88. The van der Waals surface area contributed by atoms with Crippen molar-refractivity contribution in [3.63, 3.8) is 0 Å². The van der Waals surface area contributed by atoms with Gasteiger partial charge < -0.3 is 14.8 Å². The minimum Gasteiger partial charge on any atom is -0.462 e. The topological polar surface area (TPSA) is 77.5 Å². The van der Waals surface area contributed by atoms with Crippen LogP contribution in [0.1, 0.15) is 51.4 Å². The number of aromatic nitrogens is 1. The second-order valence-electron chi connectivity index (χ2n) is 7.15. The number of amides is 1. The van der Waals surface area contributed by atoms with Crippen molar-refractivity contribution in [1.29, 1.82) is 0 Å². The molecule has 2 heterocycles. The van der Waals surface area contributed by atoms with E-state index in [2.05, 4.69) is 17.2 Å². The Kier molecular flexibility index (Phi) is 6.15. The summed E-state index contributed by atoms with van der Waals surface area (Å²) < 4.78 is 10.9. The van der Waals surface area contributed by atoms with Gasteiger partial charge in [0.2, 0.25) is 0 Å². The van der Waals surface area contributed by atoms with Gasteiger partial charge in [0.05, 0.1) is 12.2 Å². The molecule has 0 fully saturated rings. The Bertz CT molecular complexity index is 1040. The SMILES string of the molecule is CCOC(=O)c1c(NC(=O)c2ccc(Oc3nccs3)cc2)sc2c1CCC(C)C2. The summed E-state index contributed by atoms with van der Waals surface area (Å²) in [5, 5.41) is 5.88. The molecule has 30 heavy (non-hydrogen) atoms. The van der Waals surface area contributed by atoms with Gasteiger partial charge in [-0.15, -0.1) is 11.3 Å². The predicted octanol–water partition coefficient (Wildman–Crippen LogP) is 5.55. The summed E-state index contributed by atoms with van der Waals surface area (Å²) in [4.78, 5) is 30.7. The maximum Gasteiger partial charge on any atom is 0.341 e. The lowest BCUT2D eigenvalue weighted by molar-refractivity contribution is 0.0526. The van der Waals surface area contributed by atoms with Crippen molar-refractivity contribution in [1.82, 2.24) is 4.98 Å². The van der Waals surface area contributed by atoms with Gasteiger partial charge in [-0.05, 0) is 61.9 Å². The molecule has 8 heteroatoms. The molecule has 3 aromatic rings. The molecule has 0 spiro atoms. The van der Waals surface area contributed by atoms with E-state index in [1.54, 1.807) is 37.4 Å². The molecule has 0 saturated carbocycles. The van der Waals surface area contributed by atoms with Crippen LogP contribution in [-0.4, -0.2) is 23.5 Å². The van der Waals surface area contributed by atoms with Crippen LogP contribution in [0.2, 0.25) is 0 Å². The molecule has 1 aromatic carbocycles. The van der Waals surface area contributed by atoms with E-state index in [0.29, 0.717) is 39.6 Å². The van der Waals surface area contributed by atoms with Gasteiger partial charge in [-0.3, -0.25) is 4.79 Å². The van der Waals surface area contributed by atoms with Gasteiger partial charge >= 0.3 is 5.97 Å². The number of fused-ring (bicyclic) bond motifs is 1. The molecule has 1 amide bonds. The zero-order valence-corrected chi connectivity index (χ0v) is 18.4. The van der Waals surface area contributed by atoms with Crippen molar-refractivity contribution in [2.75, 3.05) is 11.9 Å². The Labute approximate surface area is 182 Å². The van der Waals surface area contributed by atoms with Crippen LogP contribution in [0.3, 0.4) is 0 Å². The molecule has 1 unspecified atom stereocenters. The molecular formula is C22H22N2O4S2. The third kappa shape index (κ3) is 4.39. The van der Waals surface area contributed by atoms with E-state index < -0.39 is 0 Å². The summed E-state index contributed by atoms with van der Waals surface area (Å²) in [6.45, 7) is 4.29. The van der Waals surface area contributed by atoms with Gasteiger partial charge in [-0.1, -0.05) is 18.3 Å². The van der Waals surface area contributed by atoms with E-state index in [9.17, 15) is 9.59 Å². The lowest BCUT2D eigenvalue weighted by Gasteiger charge is -2.18. The number of nitrogens with one attached hydrogen (secondary N) is 1. The number of ether oxygens (including phenoxy) is 2. The molecular weight excluding hydrogens is 420 g/mol. The average Bonchev–Trinajstić information content (AvgIpc) is 3.35. The highest BCUT2D eigenvalue weighted by Crippen LogP contribution is 2.40. The van der Waals surface area contributed by atoms with Gasteiger partial charge in [0.1, 0.15) is 10.8 Å². The number of anilines is 1. The first-order chi connectivity index (χ1) is 14.5. The largest absolute Gasteiger partial charge is 0.462 e. The summed E-state index contributed by atoms with van der Waals surface area (Å²) in [5.74, 6) is 0.537. The van der Waals surface area contributed by atoms with E-state index in [1.165, 1.54) is 27.6 Å². The highest BCUT2D eigenvalue weighted by atomic mass is 32.1.